The van der Waals surface area contributed by atoms with E-state index in [-0.39, 0.29) is 18.4 Å². The molecule has 4 aromatic rings. The molecule has 0 spiro atoms. The molecule has 0 saturated carbocycles. The van der Waals surface area contributed by atoms with Gasteiger partial charge in [-0.1, -0.05) is 48.0 Å². The molecule has 5 rings (SSSR count). The van der Waals surface area contributed by atoms with Gasteiger partial charge in [-0.15, -0.1) is 0 Å². The molecule has 8 heteroatoms. The molecule has 1 aromatic heterocycles. The first kappa shape index (κ1) is 21.9. The molecular weight excluding hydrogens is 458 g/mol. The van der Waals surface area contributed by atoms with Crippen LogP contribution in [0.25, 0.3) is 22.1 Å². The molecule has 3 aromatic carbocycles. The topological polar surface area (TPSA) is 87.0 Å². The fraction of sp³-hybridized carbons (Fsp3) is 0.154. The Morgan fingerprint density at radius 1 is 1.06 bits per heavy atom. The number of fused-ring (bicyclic) bond motifs is 2. The first-order chi connectivity index (χ1) is 16.5. The van der Waals surface area contributed by atoms with Gasteiger partial charge in [-0.2, -0.15) is 0 Å². The highest BCUT2D eigenvalue weighted by atomic mass is 35.5. The quantitative estimate of drug-likeness (QED) is 0.396. The fourth-order valence-electron chi connectivity index (χ4n) is 3.74. The van der Waals surface area contributed by atoms with E-state index in [1.54, 1.807) is 19.1 Å². The lowest BCUT2D eigenvalue weighted by molar-refractivity contribution is -0.127. The number of carbonyl (C=O) groups excluding carboxylic acids is 1. The van der Waals surface area contributed by atoms with Crippen molar-refractivity contribution in [2.45, 2.75) is 19.6 Å². The van der Waals surface area contributed by atoms with Gasteiger partial charge in [0.05, 0.1) is 5.02 Å². The van der Waals surface area contributed by atoms with Crippen molar-refractivity contribution in [1.82, 2.24) is 5.32 Å². The number of halogens is 1. The predicted octanol–water partition coefficient (Wildman–Crippen LogP) is 4.93. The molecule has 1 N–H and O–H groups in total. The SMILES string of the molecule is CC(Oc1cc2oc(=O)cc(-c3ccccc3)c2cc1Cl)C(=O)NCc1ccc2c(c1)OCO2. The van der Waals surface area contributed by atoms with Gasteiger partial charge < -0.3 is 23.9 Å². The highest BCUT2D eigenvalue weighted by Crippen LogP contribution is 2.35. The molecule has 7 nitrogen and oxygen atoms in total. The molecule has 172 valence electrons. The smallest absolute Gasteiger partial charge is 0.336 e. The maximum Gasteiger partial charge on any atom is 0.336 e. The molecule has 1 unspecified atom stereocenters. The Kier molecular flexibility index (Phi) is 5.86. The van der Waals surface area contributed by atoms with E-state index in [9.17, 15) is 9.59 Å². The van der Waals surface area contributed by atoms with Crippen molar-refractivity contribution < 1.29 is 23.4 Å². The second-order valence-corrected chi connectivity index (χ2v) is 8.20. The molecule has 1 aliphatic heterocycles. The Morgan fingerprint density at radius 2 is 1.85 bits per heavy atom. The van der Waals surface area contributed by atoms with Crippen molar-refractivity contribution in [3.8, 4) is 28.4 Å². The number of carbonyl (C=O) groups is 1. The summed E-state index contributed by atoms with van der Waals surface area (Å²) in [6.07, 6.45) is -0.840. The number of hydrogen-bond donors (Lipinski definition) is 1. The minimum atomic E-state index is -0.840. The average molecular weight is 478 g/mol. The first-order valence-corrected chi connectivity index (χ1v) is 11.0. The second kappa shape index (κ2) is 9.11. The number of hydrogen-bond acceptors (Lipinski definition) is 6. The van der Waals surface area contributed by atoms with E-state index < -0.39 is 11.7 Å². The van der Waals surface area contributed by atoms with E-state index in [1.165, 1.54) is 12.1 Å². The Hall–Kier alpha value is -3.97. The van der Waals surface area contributed by atoms with Crippen LogP contribution in [0.4, 0.5) is 0 Å². The molecule has 0 bridgehead atoms. The molecule has 0 saturated heterocycles. The van der Waals surface area contributed by atoms with Gasteiger partial charge in [0, 0.05) is 24.1 Å². The highest BCUT2D eigenvalue weighted by Gasteiger charge is 2.19. The molecule has 1 atom stereocenters. The first-order valence-electron chi connectivity index (χ1n) is 10.6. The van der Waals surface area contributed by atoms with Gasteiger partial charge in [0.2, 0.25) is 6.79 Å². The summed E-state index contributed by atoms with van der Waals surface area (Å²) in [5.41, 5.74) is 2.26. The monoisotopic (exact) mass is 477 g/mol. The molecule has 1 aliphatic rings. The fourth-order valence-corrected chi connectivity index (χ4v) is 3.95. The maximum absolute atomic E-state index is 12.6. The summed E-state index contributed by atoms with van der Waals surface area (Å²) in [4.78, 5) is 24.8. The zero-order valence-corrected chi connectivity index (χ0v) is 18.9. The number of benzene rings is 3. The van der Waals surface area contributed by atoms with E-state index in [0.29, 0.717) is 39.6 Å². The van der Waals surface area contributed by atoms with Crippen LogP contribution in [-0.4, -0.2) is 18.8 Å². The van der Waals surface area contributed by atoms with E-state index in [4.69, 9.17) is 30.2 Å². The lowest BCUT2D eigenvalue weighted by Crippen LogP contribution is -2.35. The minimum Gasteiger partial charge on any atom is -0.479 e. The highest BCUT2D eigenvalue weighted by molar-refractivity contribution is 6.33. The lowest BCUT2D eigenvalue weighted by Gasteiger charge is -2.16. The summed E-state index contributed by atoms with van der Waals surface area (Å²) < 4.78 is 21.9. The van der Waals surface area contributed by atoms with E-state index in [0.717, 1.165) is 11.1 Å². The van der Waals surface area contributed by atoms with Crippen LogP contribution >= 0.6 is 11.6 Å². The number of rotatable bonds is 6. The van der Waals surface area contributed by atoms with Gasteiger partial charge in [0.15, 0.2) is 17.6 Å². The van der Waals surface area contributed by atoms with Gasteiger partial charge >= 0.3 is 5.63 Å². The molecule has 0 radical (unpaired) electrons. The standard InChI is InChI=1S/C26H20ClNO6/c1-15(26(30)28-13-16-7-8-21-24(9-16)32-14-31-21)33-23-12-22-19(10-20(23)27)18(11-25(29)34-22)17-5-3-2-4-6-17/h2-12,15H,13-14H2,1H3,(H,28,30). The Balaban J connectivity index is 1.33. The Labute approximate surface area is 199 Å². The normalized spacial score (nSPS) is 13.0. The van der Waals surface area contributed by atoms with Crippen LogP contribution in [0.2, 0.25) is 5.02 Å². The Bertz CT molecular complexity index is 1430. The third-order valence-electron chi connectivity index (χ3n) is 5.46. The van der Waals surface area contributed by atoms with Gasteiger partial charge in [-0.05, 0) is 41.8 Å². The number of amides is 1. The maximum atomic E-state index is 12.6. The van der Waals surface area contributed by atoms with Crippen LogP contribution in [0, 0.1) is 0 Å². The number of ether oxygens (including phenoxy) is 3. The van der Waals surface area contributed by atoms with E-state index in [1.807, 2.05) is 42.5 Å². The summed E-state index contributed by atoms with van der Waals surface area (Å²) in [5.74, 6) is 1.25. The van der Waals surface area contributed by atoms with Crippen LogP contribution < -0.4 is 25.2 Å². The van der Waals surface area contributed by atoms with Gasteiger partial charge in [-0.3, -0.25) is 4.79 Å². The summed E-state index contributed by atoms with van der Waals surface area (Å²) >= 11 is 6.48. The van der Waals surface area contributed by atoms with Crippen molar-refractivity contribution in [3.63, 3.8) is 0 Å². The van der Waals surface area contributed by atoms with Crippen LogP contribution in [0.1, 0.15) is 12.5 Å². The zero-order chi connectivity index (χ0) is 23.7. The lowest BCUT2D eigenvalue weighted by atomic mass is 10.0. The largest absolute Gasteiger partial charge is 0.479 e. The summed E-state index contributed by atoms with van der Waals surface area (Å²) in [7, 11) is 0. The molecule has 0 aliphatic carbocycles. The van der Waals surface area contributed by atoms with E-state index >= 15 is 0 Å². The molecule has 0 fully saturated rings. The zero-order valence-electron chi connectivity index (χ0n) is 18.2. The van der Waals surface area contributed by atoms with Gasteiger partial charge in [-0.25, -0.2) is 4.79 Å². The third-order valence-corrected chi connectivity index (χ3v) is 5.75. The van der Waals surface area contributed by atoms with Crippen LogP contribution in [0.15, 0.2) is 75.9 Å². The van der Waals surface area contributed by atoms with Crippen LogP contribution in [0.5, 0.6) is 17.2 Å². The van der Waals surface area contributed by atoms with Crippen molar-refractivity contribution >= 4 is 28.5 Å². The molecule has 34 heavy (non-hydrogen) atoms. The predicted molar refractivity (Wildman–Crippen MR) is 127 cm³/mol. The summed E-state index contributed by atoms with van der Waals surface area (Å²) in [6, 6.07) is 19.6. The minimum absolute atomic E-state index is 0.190. The third kappa shape index (κ3) is 4.43. The molecule has 1 amide bonds. The van der Waals surface area contributed by atoms with E-state index in [2.05, 4.69) is 5.32 Å². The molecule has 2 heterocycles. The average Bonchev–Trinajstić information content (AvgIpc) is 3.31. The van der Waals surface area contributed by atoms with Crippen molar-refractivity contribution in [2.75, 3.05) is 6.79 Å². The summed E-state index contributed by atoms with van der Waals surface area (Å²) in [6.45, 7) is 2.10. The molecular formula is C26H20ClNO6. The van der Waals surface area contributed by atoms with Crippen LogP contribution in [-0.2, 0) is 11.3 Å². The summed E-state index contributed by atoms with van der Waals surface area (Å²) in [5, 5.41) is 3.80. The Morgan fingerprint density at radius 3 is 2.68 bits per heavy atom. The van der Waals surface area contributed by atoms with Crippen molar-refractivity contribution in [1.29, 1.82) is 0 Å². The van der Waals surface area contributed by atoms with Gasteiger partial charge in [0.1, 0.15) is 11.3 Å². The van der Waals surface area contributed by atoms with Crippen molar-refractivity contribution in [3.05, 3.63) is 87.7 Å². The van der Waals surface area contributed by atoms with Crippen molar-refractivity contribution in [2.24, 2.45) is 0 Å². The van der Waals surface area contributed by atoms with Crippen LogP contribution in [0.3, 0.4) is 0 Å². The second-order valence-electron chi connectivity index (χ2n) is 7.79. The van der Waals surface area contributed by atoms with Gasteiger partial charge in [0.25, 0.3) is 5.91 Å². The number of nitrogens with one attached hydrogen (secondary N) is 1.